The van der Waals surface area contributed by atoms with Crippen LogP contribution >= 0.6 is 11.3 Å². The summed E-state index contributed by atoms with van der Waals surface area (Å²) < 4.78 is 27.0. The van der Waals surface area contributed by atoms with Crippen molar-refractivity contribution in [3.63, 3.8) is 0 Å². The first-order valence-electron chi connectivity index (χ1n) is 9.19. The number of aromatic nitrogens is 2. The molecule has 1 fully saturated rings. The van der Waals surface area contributed by atoms with Gasteiger partial charge in [0.25, 0.3) is 5.91 Å². The van der Waals surface area contributed by atoms with E-state index in [2.05, 4.69) is 15.5 Å². The standard InChI is InChI=1S/C18H23N5O4S2/c1-12(2)17-20-21-18(28-17)19-16(25)14-4-6-15(7-5-14)29(26,27)23-10-8-22(9-11-23)13(3)24/h4-7,12H,8-11H2,1-3H3,(H,19,21,25). The molecular weight excluding hydrogens is 414 g/mol. The van der Waals surface area contributed by atoms with Crippen LogP contribution < -0.4 is 5.32 Å². The van der Waals surface area contributed by atoms with Crippen LogP contribution in [-0.4, -0.2) is 65.8 Å². The molecule has 1 aromatic carbocycles. The van der Waals surface area contributed by atoms with Gasteiger partial charge in [-0.1, -0.05) is 25.2 Å². The molecule has 0 bridgehead atoms. The highest BCUT2D eigenvalue weighted by molar-refractivity contribution is 7.89. The summed E-state index contributed by atoms with van der Waals surface area (Å²) >= 11 is 1.31. The Hall–Kier alpha value is -2.37. The first kappa shape index (κ1) is 21.3. The molecule has 2 amide bonds. The fourth-order valence-corrected chi connectivity index (χ4v) is 5.02. The maximum absolute atomic E-state index is 12.8. The van der Waals surface area contributed by atoms with Crippen LogP contribution in [0.25, 0.3) is 0 Å². The van der Waals surface area contributed by atoms with Crippen LogP contribution in [0.5, 0.6) is 0 Å². The van der Waals surface area contributed by atoms with Crippen LogP contribution in [0, 0.1) is 0 Å². The van der Waals surface area contributed by atoms with Crippen LogP contribution in [0.15, 0.2) is 29.2 Å². The molecule has 0 radical (unpaired) electrons. The summed E-state index contributed by atoms with van der Waals surface area (Å²) in [5.74, 6) is -0.219. The molecule has 0 unspecified atom stereocenters. The van der Waals surface area contributed by atoms with Gasteiger partial charge in [0.2, 0.25) is 21.1 Å². The number of carbonyl (C=O) groups excluding carboxylic acids is 2. The van der Waals surface area contributed by atoms with Gasteiger partial charge in [0.05, 0.1) is 4.90 Å². The molecule has 1 N–H and O–H groups in total. The summed E-state index contributed by atoms with van der Waals surface area (Å²) in [5.41, 5.74) is 0.326. The molecule has 11 heteroatoms. The van der Waals surface area contributed by atoms with Gasteiger partial charge >= 0.3 is 0 Å². The molecular formula is C18H23N5O4S2. The smallest absolute Gasteiger partial charge is 0.257 e. The molecule has 29 heavy (non-hydrogen) atoms. The first-order chi connectivity index (χ1) is 13.7. The Balaban J connectivity index is 1.67. The Kier molecular flexibility index (Phi) is 6.30. The van der Waals surface area contributed by atoms with Gasteiger partial charge in [-0.25, -0.2) is 8.42 Å². The third kappa shape index (κ3) is 4.80. The number of anilines is 1. The van der Waals surface area contributed by atoms with Crippen LogP contribution in [0.2, 0.25) is 0 Å². The van der Waals surface area contributed by atoms with E-state index in [0.29, 0.717) is 23.8 Å². The van der Waals surface area contributed by atoms with Gasteiger partial charge in [-0.05, 0) is 24.3 Å². The molecule has 1 saturated heterocycles. The van der Waals surface area contributed by atoms with E-state index in [1.54, 1.807) is 4.90 Å². The molecule has 1 aliphatic heterocycles. The van der Waals surface area contributed by atoms with Crippen molar-refractivity contribution in [1.82, 2.24) is 19.4 Å². The van der Waals surface area contributed by atoms with Crippen LogP contribution in [0.3, 0.4) is 0 Å². The van der Waals surface area contributed by atoms with Gasteiger partial charge in [-0.3, -0.25) is 14.9 Å². The molecule has 0 spiro atoms. The van der Waals surface area contributed by atoms with Crippen molar-refractivity contribution in [2.75, 3.05) is 31.5 Å². The number of sulfonamides is 1. The zero-order chi connectivity index (χ0) is 21.2. The number of carbonyl (C=O) groups is 2. The van der Waals surface area contributed by atoms with Crippen molar-refractivity contribution < 1.29 is 18.0 Å². The van der Waals surface area contributed by atoms with E-state index < -0.39 is 10.0 Å². The molecule has 0 saturated carbocycles. The van der Waals surface area contributed by atoms with Crippen molar-refractivity contribution in [1.29, 1.82) is 0 Å². The SMILES string of the molecule is CC(=O)N1CCN(S(=O)(=O)c2ccc(C(=O)Nc3nnc(C(C)C)s3)cc2)CC1. The lowest BCUT2D eigenvalue weighted by atomic mass is 10.2. The number of hydrogen-bond acceptors (Lipinski definition) is 7. The van der Waals surface area contributed by atoms with Crippen LogP contribution in [0.4, 0.5) is 5.13 Å². The molecule has 9 nitrogen and oxygen atoms in total. The number of nitrogens with one attached hydrogen (secondary N) is 1. The quantitative estimate of drug-likeness (QED) is 0.763. The highest BCUT2D eigenvalue weighted by Gasteiger charge is 2.29. The molecule has 0 aliphatic carbocycles. The fraction of sp³-hybridized carbons (Fsp3) is 0.444. The molecule has 2 heterocycles. The van der Waals surface area contributed by atoms with E-state index in [9.17, 15) is 18.0 Å². The topological polar surface area (TPSA) is 113 Å². The predicted molar refractivity (Wildman–Crippen MR) is 109 cm³/mol. The molecule has 2 aromatic rings. The molecule has 3 rings (SSSR count). The van der Waals surface area contributed by atoms with E-state index in [1.165, 1.54) is 46.8 Å². The zero-order valence-electron chi connectivity index (χ0n) is 16.5. The first-order valence-corrected chi connectivity index (χ1v) is 11.4. The van der Waals surface area contributed by atoms with Gasteiger partial charge < -0.3 is 4.90 Å². The summed E-state index contributed by atoms with van der Waals surface area (Å²) in [4.78, 5) is 25.5. The Morgan fingerprint density at radius 1 is 1.07 bits per heavy atom. The Labute approximate surface area is 173 Å². The summed E-state index contributed by atoms with van der Waals surface area (Å²) in [6.07, 6.45) is 0. The van der Waals surface area contributed by atoms with E-state index in [0.717, 1.165) is 5.01 Å². The summed E-state index contributed by atoms with van der Waals surface area (Å²) in [5, 5.41) is 11.9. The Morgan fingerprint density at radius 3 is 2.21 bits per heavy atom. The lowest BCUT2D eigenvalue weighted by molar-refractivity contribution is -0.129. The second-order valence-corrected chi connectivity index (χ2v) is 9.94. The number of amides is 2. The lowest BCUT2D eigenvalue weighted by Crippen LogP contribution is -2.49. The monoisotopic (exact) mass is 437 g/mol. The third-order valence-corrected chi connectivity index (χ3v) is 7.65. The maximum Gasteiger partial charge on any atom is 0.257 e. The number of rotatable bonds is 5. The average molecular weight is 438 g/mol. The van der Waals surface area contributed by atoms with Crippen molar-refractivity contribution in [3.05, 3.63) is 34.8 Å². The van der Waals surface area contributed by atoms with E-state index in [1.807, 2.05) is 13.8 Å². The highest BCUT2D eigenvalue weighted by Crippen LogP contribution is 2.23. The second kappa shape index (κ2) is 8.56. The highest BCUT2D eigenvalue weighted by atomic mass is 32.2. The van der Waals surface area contributed by atoms with Crippen molar-refractivity contribution in [2.45, 2.75) is 31.6 Å². The minimum Gasteiger partial charge on any atom is -0.340 e. The van der Waals surface area contributed by atoms with E-state index in [-0.39, 0.29) is 35.7 Å². The molecule has 0 atom stereocenters. The zero-order valence-corrected chi connectivity index (χ0v) is 18.1. The second-order valence-electron chi connectivity index (χ2n) is 6.99. The molecule has 156 valence electrons. The van der Waals surface area contributed by atoms with E-state index >= 15 is 0 Å². The van der Waals surface area contributed by atoms with Crippen molar-refractivity contribution in [2.24, 2.45) is 0 Å². The van der Waals surface area contributed by atoms with Gasteiger partial charge in [-0.2, -0.15) is 4.31 Å². The number of piperazine rings is 1. The van der Waals surface area contributed by atoms with Gasteiger partial charge in [0.15, 0.2) is 0 Å². The third-order valence-electron chi connectivity index (χ3n) is 4.59. The van der Waals surface area contributed by atoms with Crippen LogP contribution in [-0.2, 0) is 14.8 Å². The minimum absolute atomic E-state index is 0.0617. The maximum atomic E-state index is 12.8. The van der Waals surface area contributed by atoms with Crippen molar-refractivity contribution >= 4 is 38.3 Å². The Bertz CT molecular complexity index is 994. The number of nitrogens with zero attached hydrogens (tertiary/aromatic N) is 4. The van der Waals surface area contributed by atoms with Gasteiger partial charge in [-0.15, -0.1) is 10.2 Å². The van der Waals surface area contributed by atoms with Crippen molar-refractivity contribution in [3.8, 4) is 0 Å². The summed E-state index contributed by atoms with van der Waals surface area (Å²) in [6, 6.07) is 5.78. The predicted octanol–water partition coefficient (Wildman–Crippen LogP) is 1.77. The molecule has 1 aliphatic rings. The largest absolute Gasteiger partial charge is 0.340 e. The Morgan fingerprint density at radius 2 is 1.69 bits per heavy atom. The number of benzene rings is 1. The van der Waals surface area contributed by atoms with Gasteiger partial charge in [0.1, 0.15) is 5.01 Å². The normalized spacial score (nSPS) is 15.5. The lowest BCUT2D eigenvalue weighted by Gasteiger charge is -2.33. The summed E-state index contributed by atoms with van der Waals surface area (Å²) in [6.45, 7) is 6.69. The number of hydrogen-bond donors (Lipinski definition) is 1. The molecule has 1 aromatic heterocycles. The van der Waals surface area contributed by atoms with Gasteiger partial charge in [0, 0.05) is 44.6 Å². The average Bonchev–Trinajstić information content (AvgIpc) is 3.17. The fourth-order valence-electron chi connectivity index (χ4n) is 2.86. The summed E-state index contributed by atoms with van der Waals surface area (Å²) in [7, 11) is -3.68. The minimum atomic E-state index is -3.68. The van der Waals surface area contributed by atoms with E-state index in [4.69, 9.17) is 0 Å². The van der Waals surface area contributed by atoms with Crippen LogP contribution in [0.1, 0.15) is 42.1 Å².